The van der Waals surface area contributed by atoms with Crippen molar-refractivity contribution in [3.05, 3.63) is 56.0 Å². The lowest BCUT2D eigenvalue weighted by molar-refractivity contribution is 0.0335. The second-order valence-corrected chi connectivity index (χ2v) is 9.73. The van der Waals surface area contributed by atoms with Crippen molar-refractivity contribution < 1.29 is 14.3 Å². The van der Waals surface area contributed by atoms with Crippen molar-refractivity contribution >= 4 is 51.4 Å². The number of H-pyrrole nitrogens is 1. The van der Waals surface area contributed by atoms with Crippen molar-refractivity contribution in [3.8, 4) is 11.3 Å². The van der Waals surface area contributed by atoms with Crippen LogP contribution in [0.5, 0.6) is 0 Å². The summed E-state index contributed by atoms with van der Waals surface area (Å²) >= 11 is 13.7. The number of benzene rings is 1. The van der Waals surface area contributed by atoms with Gasteiger partial charge in [-0.05, 0) is 68.9 Å². The summed E-state index contributed by atoms with van der Waals surface area (Å²) in [5.74, 6) is -0.766. The van der Waals surface area contributed by atoms with E-state index in [9.17, 15) is 9.59 Å². The Morgan fingerprint density at radius 3 is 2.78 bits per heavy atom. The van der Waals surface area contributed by atoms with Crippen LogP contribution in [0.25, 0.3) is 11.3 Å². The lowest BCUT2D eigenvalue weighted by Gasteiger charge is -2.15. The van der Waals surface area contributed by atoms with Crippen LogP contribution in [-0.4, -0.2) is 28.2 Å². The predicted octanol–water partition coefficient (Wildman–Crippen LogP) is 6.53. The molecule has 1 atom stereocenters. The number of hydrogen-bond donors (Lipinski definition) is 2. The number of ether oxygens (including phenoxy) is 1. The predicted molar refractivity (Wildman–Crippen MR) is 128 cm³/mol. The Morgan fingerprint density at radius 1 is 1.25 bits per heavy atom. The normalized spacial score (nSPS) is 14.0. The highest BCUT2D eigenvalue weighted by Gasteiger charge is 2.28. The van der Waals surface area contributed by atoms with Gasteiger partial charge in [0.25, 0.3) is 5.91 Å². The molecule has 1 aromatic carbocycles. The van der Waals surface area contributed by atoms with Crippen LogP contribution in [0.3, 0.4) is 0 Å². The van der Waals surface area contributed by atoms with Gasteiger partial charge in [-0.3, -0.25) is 9.89 Å². The molecule has 1 aliphatic carbocycles. The van der Waals surface area contributed by atoms with Gasteiger partial charge in [0, 0.05) is 15.5 Å². The molecule has 168 valence electrons. The standard InChI is InChI=1S/C23H23Cl2N3O3S/c1-3-12(2)31-23(30)20-15-6-4-5-7-19(15)32-22(20)26-21(29)18-11-17(27-28-18)14-9-8-13(24)10-16(14)25/h8-12H,3-7H2,1-2H3,(H,26,29)(H,27,28). The lowest BCUT2D eigenvalue weighted by atomic mass is 9.95. The van der Waals surface area contributed by atoms with Crippen LogP contribution in [0.15, 0.2) is 24.3 Å². The Hall–Kier alpha value is -2.35. The number of nitrogens with zero attached hydrogens (tertiary/aromatic N) is 1. The van der Waals surface area contributed by atoms with Crippen molar-refractivity contribution in [1.82, 2.24) is 10.2 Å². The third kappa shape index (κ3) is 4.70. The molecular weight excluding hydrogens is 469 g/mol. The number of fused-ring (bicyclic) bond motifs is 1. The number of carbonyl (C=O) groups is 2. The highest BCUT2D eigenvalue weighted by molar-refractivity contribution is 7.17. The molecule has 1 amide bonds. The summed E-state index contributed by atoms with van der Waals surface area (Å²) in [5, 5.41) is 11.3. The Bertz CT molecular complexity index is 1170. The van der Waals surface area contributed by atoms with Crippen molar-refractivity contribution in [2.24, 2.45) is 0 Å². The first-order valence-electron chi connectivity index (χ1n) is 10.5. The van der Waals surface area contributed by atoms with Gasteiger partial charge in [-0.25, -0.2) is 4.79 Å². The number of carbonyl (C=O) groups excluding carboxylic acids is 2. The number of aryl methyl sites for hydroxylation is 1. The van der Waals surface area contributed by atoms with Gasteiger partial charge in [-0.2, -0.15) is 5.10 Å². The van der Waals surface area contributed by atoms with E-state index in [1.165, 1.54) is 11.3 Å². The molecule has 2 aromatic heterocycles. The van der Waals surface area contributed by atoms with Crippen molar-refractivity contribution in [1.29, 1.82) is 0 Å². The Kier molecular flexibility index (Phi) is 6.88. The number of hydrogen-bond acceptors (Lipinski definition) is 5. The van der Waals surface area contributed by atoms with E-state index in [2.05, 4.69) is 15.5 Å². The van der Waals surface area contributed by atoms with Gasteiger partial charge in [0.2, 0.25) is 0 Å². The minimum Gasteiger partial charge on any atom is -0.459 e. The summed E-state index contributed by atoms with van der Waals surface area (Å²) in [6, 6.07) is 6.70. The van der Waals surface area contributed by atoms with Gasteiger partial charge in [0.15, 0.2) is 0 Å². The van der Waals surface area contributed by atoms with Gasteiger partial charge >= 0.3 is 5.97 Å². The van der Waals surface area contributed by atoms with E-state index < -0.39 is 0 Å². The summed E-state index contributed by atoms with van der Waals surface area (Å²) in [6.45, 7) is 3.83. The molecule has 0 aliphatic heterocycles. The van der Waals surface area contributed by atoms with E-state index >= 15 is 0 Å². The zero-order chi connectivity index (χ0) is 22.8. The largest absolute Gasteiger partial charge is 0.459 e. The molecule has 3 aromatic rings. The maximum absolute atomic E-state index is 13.0. The monoisotopic (exact) mass is 491 g/mol. The van der Waals surface area contributed by atoms with E-state index in [0.29, 0.717) is 31.9 Å². The van der Waals surface area contributed by atoms with E-state index in [1.807, 2.05) is 13.8 Å². The first-order chi connectivity index (χ1) is 15.4. The summed E-state index contributed by atoms with van der Waals surface area (Å²) in [6.07, 6.45) is 4.35. The molecule has 0 fully saturated rings. The molecule has 1 aliphatic rings. The molecule has 0 radical (unpaired) electrons. The van der Waals surface area contributed by atoms with Crippen LogP contribution in [-0.2, 0) is 17.6 Å². The number of rotatable bonds is 6. The maximum Gasteiger partial charge on any atom is 0.341 e. The van der Waals surface area contributed by atoms with Gasteiger partial charge in [-0.1, -0.05) is 30.1 Å². The molecule has 1 unspecified atom stereocenters. The van der Waals surface area contributed by atoms with Crippen molar-refractivity contribution in [2.75, 3.05) is 5.32 Å². The zero-order valence-electron chi connectivity index (χ0n) is 17.8. The first-order valence-corrected chi connectivity index (χ1v) is 12.1. The SMILES string of the molecule is CCC(C)OC(=O)c1c(NC(=O)c2cc(-c3ccc(Cl)cc3Cl)n[nH]2)sc2c1CCCC2. The smallest absolute Gasteiger partial charge is 0.341 e. The number of aromatic amines is 1. The molecule has 6 nitrogen and oxygen atoms in total. The summed E-state index contributed by atoms with van der Waals surface area (Å²) < 4.78 is 5.59. The van der Waals surface area contributed by atoms with Gasteiger partial charge < -0.3 is 10.1 Å². The van der Waals surface area contributed by atoms with Crippen LogP contribution < -0.4 is 5.32 Å². The fourth-order valence-corrected chi connectivity index (χ4v) is 5.42. The number of esters is 1. The molecule has 9 heteroatoms. The number of anilines is 1. The second-order valence-electron chi connectivity index (χ2n) is 7.78. The Morgan fingerprint density at radius 2 is 2.03 bits per heavy atom. The van der Waals surface area contributed by atoms with E-state index in [1.54, 1.807) is 24.3 Å². The average molecular weight is 492 g/mol. The molecular formula is C23H23Cl2N3O3S. The van der Waals surface area contributed by atoms with Crippen LogP contribution >= 0.6 is 34.5 Å². The first kappa shape index (κ1) is 22.8. The maximum atomic E-state index is 13.0. The molecule has 32 heavy (non-hydrogen) atoms. The summed E-state index contributed by atoms with van der Waals surface area (Å²) in [5.41, 5.74) is 2.94. The van der Waals surface area contributed by atoms with Crippen LogP contribution in [0.2, 0.25) is 10.0 Å². The zero-order valence-corrected chi connectivity index (χ0v) is 20.1. The highest BCUT2D eigenvalue weighted by Crippen LogP contribution is 2.39. The quantitative estimate of drug-likeness (QED) is 0.383. The van der Waals surface area contributed by atoms with Crippen LogP contribution in [0.4, 0.5) is 5.00 Å². The van der Waals surface area contributed by atoms with Gasteiger partial charge in [0.1, 0.15) is 10.7 Å². The molecule has 2 heterocycles. The topological polar surface area (TPSA) is 84.1 Å². The number of aromatic nitrogens is 2. The van der Waals surface area contributed by atoms with Crippen molar-refractivity contribution in [2.45, 2.75) is 52.1 Å². The fraction of sp³-hybridized carbons (Fsp3) is 0.348. The molecule has 0 bridgehead atoms. The lowest BCUT2D eigenvalue weighted by Crippen LogP contribution is -2.19. The van der Waals surface area contributed by atoms with E-state index in [4.69, 9.17) is 27.9 Å². The highest BCUT2D eigenvalue weighted by atomic mass is 35.5. The fourth-order valence-electron chi connectivity index (χ4n) is 3.64. The minimum atomic E-state index is -0.384. The number of halogens is 2. The Balaban J connectivity index is 1.60. The van der Waals surface area contributed by atoms with Gasteiger partial charge in [-0.15, -0.1) is 11.3 Å². The summed E-state index contributed by atoms with van der Waals surface area (Å²) in [7, 11) is 0. The molecule has 0 saturated heterocycles. The van der Waals surface area contributed by atoms with E-state index in [-0.39, 0.29) is 23.7 Å². The van der Waals surface area contributed by atoms with Crippen molar-refractivity contribution in [3.63, 3.8) is 0 Å². The second kappa shape index (κ2) is 9.65. The number of amides is 1. The average Bonchev–Trinajstić information content (AvgIpc) is 3.38. The van der Waals surface area contributed by atoms with Crippen LogP contribution in [0, 0.1) is 0 Å². The number of nitrogens with one attached hydrogen (secondary N) is 2. The van der Waals surface area contributed by atoms with Crippen LogP contribution in [0.1, 0.15) is 64.4 Å². The Labute approximate surface area is 200 Å². The minimum absolute atomic E-state index is 0.190. The summed E-state index contributed by atoms with van der Waals surface area (Å²) in [4.78, 5) is 27.0. The molecule has 0 spiro atoms. The molecule has 0 saturated carbocycles. The molecule has 2 N–H and O–H groups in total. The third-order valence-corrected chi connectivity index (χ3v) is 7.27. The van der Waals surface area contributed by atoms with E-state index in [0.717, 1.165) is 42.5 Å². The molecule has 4 rings (SSSR count). The van der Waals surface area contributed by atoms with Gasteiger partial charge in [0.05, 0.1) is 22.4 Å². The third-order valence-electron chi connectivity index (χ3n) is 5.52. The number of thiophene rings is 1.